The minimum atomic E-state index is -0.172. The van der Waals surface area contributed by atoms with Gasteiger partial charge in [0.25, 0.3) is 0 Å². The molecule has 2 heterocycles. The highest BCUT2D eigenvalue weighted by molar-refractivity contribution is 7.15. The number of aliphatic hydroxyl groups excluding tert-OH is 1. The molecule has 0 amide bonds. The molecule has 28 heavy (non-hydrogen) atoms. The van der Waals surface area contributed by atoms with Crippen LogP contribution in [0, 0.1) is 6.92 Å². The quantitative estimate of drug-likeness (QED) is 0.577. The molecule has 0 radical (unpaired) electrons. The van der Waals surface area contributed by atoms with E-state index >= 15 is 0 Å². The van der Waals surface area contributed by atoms with E-state index in [4.69, 9.17) is 4.98 Å². The second-order valence-electron chi connectivity index (χ2n) is 7.28. The Hall–Kier alpha value is -2.51. The summed E-state index contributed by atoms with van der Waals surface area (Å²) in [5.74, 6) is 1.37. The summed E-state index contributed by atoms with van der Waals surface area (Å²) in [6, 6.07) is 12.6. The number of benzene rings is 1. The van der Waals surface area contributed by atoms with Crippen LogP contribution in [0.5, 0.6) is 0 Å². The van der Waals surface area contributed by atoms with Gasteiger partial charge in [-0.05, 0) is 38.2 Å². The van der Waals surface area contributed by atoms with Crippen molar-refractivity contribution in [2.24, 2.45) is 0 Å². The normalized spacial score (nSPS) is 19.4. The van der Waals surface area contributed by atoms with Crippen LogP contribution in [-0.4, -0.2) is 32.2 Å². The fraction of sp³-hybridized carbons (Fsp3) is 0.381. The predicted molar refractivity (Wildman–Crippen MR) is 113 cm³/mol. The number of hydrogen-bond donors (Lipinski definition) is 3. The third-order valence-corrected chi connectivity index (χ3v) is 5.72. The number of nitrogens with one attached hydrogen (secondary N) is 2. The van der Waals surface area contributed by atoms with Gasteiger partial charge in [0.1, 0.15) is 5.82 Å². The molecule has 146 valence electrons. The van der Waals surface area contributed by atoms with Crippen molar-refractivity contribution in [3.8, 4) is 0 Å². The van der Waals surface area contributed by atoms with E-state index in [0.717, 1.165) is 53.6 Å². The molecule has 1 aromatic carbocycles. The van der Waals surface area contributed by atoms with Gasteiger partial charge >= 0.3 is 0 Å². The SMILES string of the molecule is Cc1cnc(Nc2cc(Cc3ccccc3)nc(NC3CCC(O)CC3)n2)s1. The number of hydrogen-bond acceptors (Lipinski definition) is 7. The van der Waals surface area contributed by atoms with Gasteiger partial charge in [0.05, 0.1) is 11.8 Å². The lowest BCUT2D eigenvalue weighted by Crippen LogP contribution is -2.29. The Labute approximate surface area is 169 Å². The molecular formula is C21H25N5OS. The summed E-state index contributed by atoms with van der Waals surface area (Å²) in [6.07, 6.45) is 5.94. The summed E-state index contributed by atoms with van der Waals surface area (Å²) in [7, 11) is 0. The van der Waals surface area contributed by atoms with Gasteiger partial charge in [0.15, 0.2) is 5.13 Å². The summed E-state index contributed by atoms with van der Waals surface area (Å²) in [4.78, 5) is 14.9. The highest BCUT2D eigenvalue weighted by Gasteiger charge is 2.20. The van der Waals surface area contributed by atoms with Crippen molar-refractivity contribution in [1.29, 1.82) is 0 Å². The van der Waals surface area contributed by atoms with Gasteiger partial charge in [-0.1, -0.05) is 30.3 Å². The zero-order chi connectivity index (χ0) is 19.3. The van der Waals surface area contributed by atoms with Crippen molar-refractivity contribution in [3.63, 3.8) is 0 Å². The molecule has 0 atom stereocenters. The van der Waals surface area contributed by atoms with Crippen LogP contribution in [0.1, 0.15) is 41.8 Å². The first-order chi connectivity index (χ1) is 13.6. The molecular weight excluding hydrogens is 370 g/mol. The molecule has 1 saturated carbocycles. The maximum Gasteiger partial charge on any atom is 0.225 e. The van der Waals surface area contributed by atoms with Crippen molar-refractivity contribution in [2.75, 3.05) is 10.6 Å². The zero-order valence-corrected chi connectivity index (χ0v) is 16.7. The Morgan fingerprint density at radius 1 is 1.11 bits per heavy atom. The van der Waals surface area contributed by atoms with Gasteiger partial charge in [0, 0.05) is 29.6 Å². The third-order valence-electron chi connectivity index (χ3n) is 4.89. The van der Waals surface area contributed by atoms with E-state index in [1.165, 1.54) is 5.56 Å². The van der Waals surface area contributed by atoms with Crippen LogP contribution in [0.25, 0.3) is 0 Å². The number of anilines is 3. The lowest BCUT2D eigenvalue weighted by atomic mass is 9.93. The van der Waals surface area contributed by atoms with Crippen molar-refractivity contribution in [1.82, 2.24) is 15.0 Å². The Bertz CT molecular complexity index is 906. The Morgan fingerprint density at radius 2 is 1.89 bits per heavy atom. The van der Waals surface area contributed by atoms with Gasteiger partial charge in [-0.15, -0.1) is 11.3 Å². The number of aromatic nitrogens is 3. The molecule has 0 unspecified atom stereocenters. The topological polar surface area (TPSA) is 83.0 Å². The molecule has 0 spiro atoms. The molecule has 3 aromatic rings. The van der Waals surface area contributed by atoms with Gasteiger partial charge in [-0.3, -0.25) is 0 Å². The lowest BCUT2D eigenvalue weighted by molar-refractivity contribution is 0.126. The molecule has 4 rings (SSSR count). The highest BCUT2D eigenvalue weighted by Crippen LogP contribution is 2.25. The molecule has 6 nitrogen and oxygen atoms in total. The highest BCUT2D eigenvalue weighted by atomic mass is 32.1. The van der Waals surface area contributed by atoms with Gasteiger partial charge in [-0.25, -0.2) is 9.97 Å². The minimum absolute atomic E-state index is 0.172. The smallest absolute Gasteiger partial charge is 0.225 e. The molecule has 1 fully saturated rings. The number of aryl methyl sites for hydroxylation is 1. The van der Waals surface area contributed by atoms with Crippen LogP contribution < -0.4 is 10.6 Å². The molecule has 3 N–H and O–H groups in total. The minimum Gasteiger partial charge on any atom is -0.393 e. The monoisotopic (exact) mass is 395 g/mol. The fourth-order valence-corrected chi connectivity index (χ4v) is 4.12. The number of aliphatic hydroxyl groups is 1. The van der Waals surface area contributed by atoms with Crippen LogP contribution in [0.2, 0.25) is 0 Å². The van der Waals surface area contributed by atoms with Crippen LogP contribution in [-0.2, 0) is 6.42 Å². The van der Waals surface area contributed by atoms with Crippen LogP contribution in [0.3, 0.4) is 0 Å². The maximum absolute atomic E-state index is 9.74. The molecule has 0 saturated heterocycles. The first kappa shape index (κ1) is 18.8. The van der Waals surface area contributed by atoms with Crippen LogP contribution in [0.4, 0.5) is 16.9 Å². The van der Waals surface area contributed by atoms with E-state index in [9.17, 15) is 5.11 Å². The zero-order valence-electron chi connectivity index (χ0n) is 15.9. The Balaban J connectivity index is 1.56. The number of thiazole rings is 1. The lowest BCUT2D eigenvalue weighted by Gasteiger charge is -2.26. The molecule has 0 bridgehead atoms. The van der Waals surface area contributed by atoms with Crippen molar-refractivity contribution in [2.45, 2.75) is 51.2 Å². The average Bonchev–Trinajstić information content (AvgIpc) is 3.09. The number of nitrogens with zero attached hydrogens (tertiary/aromatic N) is 3. The second kappa shape index (κ2) is 8.67. The molecule has 7 heteroatoms. The Morgan fingerprint density at radius 3 is 2.61 bits per heavy atom. The standard InChI is InChI=1S/C21H25N5OS/c1-14-13-22-21(28-14)26-19-12-17(11-15-5-3-2-4-6-15)24-20(25-19)23-16-7-9-18(27)10-8-16/h2-6,12-13,16,18,27H,7-11H2,1H3,(H2,22,23,24,25,26). The second-order valence-corrected chi connectivity index (χ2v) is 8.52. The fourth-order valence-electron chi connectivity index (χ4n) is 3.45. The van der Waals surface area contributed by atoms with Gasteiger partial charge in [0.2, 0.25) is 5.95 Å². The van der Waals surface area contributed by atoms with Gasteiger partial charge < -0.3 is 15.7 Å². The molecule has 2 aromatic heterocycles. The summed E-state index contributed by atoms with van der Waals surface area (Å²) in [5, 5.41) is 17.3. The molecule has 1 aliphatic rings. The number of rotatable bonds is 6. The van der Waals surface area contributed by atoms with E-state index in [2.05, 4.69) is 32.7 Å². The van der Waals surface area contributed by atoms with E-state index in [1.807, 2.05) is 37.4 Å². The predicted octanol–water partition coefficient (Wildman–Crippen LogP) is 4.29. The van der Waals surface area contributed by atoms with E-state index < -0.39 is 0 Å². The summed E-state index contributed by atoms with van der Waals surface area (Å²) in [6.45, 7) is 2.04. The third kappa shape index (κ3) is 5.05. The molecule has 1 aliphatic carbocycles. The maximum atomic E-state index is 9.74. The van der Waals surface area contributed by atoms with Crippen molar-refractivity contribution < 1.29 is 5.11 Å². The van der Waals surface area contributed by atoms with Gasteiger partial charge in [-0.2, -0.15) is 4.98 Å². The first-order valence-corrected chi connectivity index (χ1v) is 10.5. The average molecular weight is 396 g/mol. The Kier molecular flexibility index (Phi) is 5.83. The largest absolute Gasteiger partial charge is 0.393 e. The summed E-state index contributed by atoms with van der Waals surface area (Å²) >= 11 is 1.60. The molecule has 0 aliphatic heterocycles. The summed E-state index contributed by atoms with van der Waals surface area (Å²) < 4.78 is 0. The van der Waals surface area contributed by atoms with E-state index in [-0.39, 0.29) is 6.10 Å². The first-order valence-electron chi connectivity index (χ1n) is 9.70. The van der Waals surface area contributed by atoms with Crippen LogP contribution in [0.15, 0.2) is 42.6 Å². The van der Waals surface area contributed by atoms with Crippen LogP contribution >= 0.6 is 11.3 Å². The van der Waals surface area contributed by atoms with E-state index in [0.29, 0.717) is 12.0 Å². The van der Waals surface area contributed by atoms with E-state index in [1.54, 1.807) is 11.3 Å². The van der Waals surface area contributed by atoms with Crippen molar-refractivity contribution in [3.05, 3.63) is 58.7 Å². The van der Waals surface area contributed by atoms with Crippen molar-refractivity contribution >= 4 is 28.2 Å². The summed E-state index contributed by atoms with van der Waals surface area (Å²) in [5.41, 5.74) is 2.17.